The number of halogens is 1. The summed E-state index contributed by atoms with van der Waals surface area (Å²) in [6, 6.07) is 27.7. The molecule has 0 bridgehead atoms. The van der Waals surface area contributed by atoms with Gasteiger partial charge in [0.15, 0.2) is 11.0 Å². The number of hydrogen-bond acceptors (Lipinski definition) is 5. The number of rotatable bonds is 9. The summed E-state index contributed by atoms with van der Waals surface area (Å²) in [5.74, 6) is 1.40. The molecule has 4 rings (SSSR count). The van der Waals surface area contributed by atoms with Gasteiger partial charge in [-0.25, -0.2) is 0 Å². The van der Waals surface area contributed by atoms with Gasteiger partial charge in [-0.3, -0.25) is 9.36 Å². The minimum Gasteiger partial charge on any atom is -0.378 e. The Hall–Kier alpha value is -2.85. The molecule has 0 saturated carbocycles. The molecule has 6 nitrogen and oxygen atoms in total. The average molecular weight is 555 g/mol. The van der Waals surface area contributed by atoms with Crippen molar-refractivity contribution in [1.82, 2.24) is 14.8 Å². The largest absolute Gasteiger partial charge is 0.378 e. The first kappa shape index (κ1) is 22.3. The maximum Gasteiger partial charge on any atom is 0.225 e. The van der Waals surface area contributed by atoms with E-state index >= 15 is 0 Å². The zero-order valence-corrected chi connectivity index (χ0v) is 20.2. The predicted molar refractivity (Wildman–Crippen MR) is 138 cm³/mol. The van der Waals surface area contributed by atoms with Crippen molar-refractivity contribution in [3.63, 3.8) is 0 Å². The monoisotopic (exact) mass is 555 g/mol. The third-order valence-electron chi connectivity index (χ3n) is 4.63. The van der Waals surface area contributed by atoms with Crippen LogP contribution >= 0.6 is 34.4 Å². The molecule has 32 heavy (non-hydrogen) atoms. The van der Waals surface area contributed by atoms with Crippen molar-refractivity contribution in [1.29, 1.82) is 0 Å². The number of amides is 1. The number of aromatic nitrogens is 3. The van der Waals surface area contributed by atoms with Gasteiger partial charge in [0.25, 0.3) is 0 Å². The molecular weight excluding hydrogens is 533 g/mol. The zero-order valence-electron chi connectivity index (χ0n) is 17.2. The lowest BCUT2D eigenvalue weighted by atomic mass is 10.3. The topological polar surface area (TPSA) is 71.8 Å². The molecule has 0 radical (unpaired) electrons. The molecule has 0 aliphatic heterocycles. The Labute approximate surface area is 205 Å². The van der Waals surface area contributed by atoms with Gasteiger partial charge in [-0.2, -0.15) is 0 Å². The summed E-state index contributed by atoms with van der Waals surface area (Å²) >= 11 is 3.82. The number of para-hydroxylation sites is 2. The second-order valence-corrected chi connectivity index (χ2v) is 9.25. The number of anilines is 2. The van der Waals surface area contributed by atoms with Crippen LogP contribution in [0.25, 0.3) is 5.69 Å². The van der Waals surface area contributed by atoms with E-state index in [1.165, 1.54) is 15.3 Å². The van der Waals surface area contributed by atoms with Crippen molar-refractivity contribution in [2.45, 2.75) is 18.1 Å². The number of nitrogens with one attached hydrogen (secondary N) is 2. The molecule has 1 amide bonds. The van der Waals surface area contributed by atoms with E-state index in [1.54, 1.807) is 0 Å². The van der Waals surface area contributed by atoms with Crippen LogP contribution in [0.5, 0.6) is 0 Å². The molecule has 0 fully saturated rings. The maximum atomic E-state index is 12.3. The van der Waals surface area contributed by atoms with E-state index in [1.807, 2.05) is 77.4 Å². The summed E-state index contributed by atoms with van der Waals surface area (Å²) in [5, 5.41) is 15.9. The van der Waals surface area contributed by atoms with Crippen LogP contribution in [0.1, 0.15) is 12.2 Å². The molecule has 3 aromatic carbocycles. The van der Waals surface area contributed by atoms with Gasteiger partial charge < -0.3 is 10.6 Å². The molecule has 0 atom stereocenters. The zero-order chi connectivity index (χ0) is 22.2. The van der Waals surface area contributed by atoms with Crippen LogP contribution in [-0.4, -0.2) is 26.4 Å². The van der Waals surface area contributed by atoms with Gasteiger partial charge in [-0.15, -0.1) is 10.2 Å². The van der Waals surface area contributed by atoms with Crippen LogP contribution in [0, 0.1) is 3.57 Å². The lowest BCUT2D eigenvalue weighted by Gasteiger charge is -2.11. The summed E-state index contributed by atoms with van der Waals surface area (Å²) in [6.07, 6.45) is 0.386. The van der Waals surface area contributed by atoms with Gasteiger partial charge >= 0.3 is 0 Å². The first-order valence-corrected chi connectivity index (χ1v) is 12.2. The quantitative estimate of drug-likeness (QED) is 0.208. The van der Waals surface area contributed by atoms with Crippen molar-refractivity contribution < 1.29 is 4.79 Å². The van der Waals surface area contributed by atoms with Crippen LogP contribution in [0.2, 0.25) is 0 Å². The Morgan fingerprint density at radius 1 is 0.875 bits per heavy atom. The fourth-order valence-corrected chi connectivity index (χ4v) is 4.34. The predicted octanol–water partition coefficient (Wildman–Crippen LogP) is 5.60. The van der Waals surface area contributed by atoms with E-state index < -0.39 is 0 Å². The molecule has 2 N–H and O–H groups in total. The van der Waals surface area contributed by atoms with Gasteiger partial charge in [-0.1, -0.05) is 48.2 Å². The fraction of sp³-hybridized carbons (Fsp3) is 0.125. The summed E-state index contributed by atoms with van der Waals surface area (Å²) < 4.78 is 3.23. The number of nitrogens with zero attached hydrogens (tertiary/aromatic N) is 3. The Bertz CT molecular complexity index is 1150. The summed E-state index contributed by atoms with van der Waals surface area (Å²) in [6.45, 7) is 0.539. The highest BCUT2D eigenvalue weighted by Gasteiger charge is 2.15. The van der Waals surface area contributed by atoms with E-state index in [4.69, 9.17) is 0 Å². The Morgan fingerprint density at radius 2 is 1.56 bits per heavy atom. The van der Waals surface area contributed by atoms with E-state index in [0.29, 0.717) is 18.7 Å². The SMILES string of the molecule is O=C(CCSc1nnc(CNc2ccc(I)cc2)n1-c1ccccc1)Nc1ccccc1. The molecular formula is C24H22IN5OS. The smallest absolute Gasteiger partial charge is 0.225 e. The Balaban J connectivity index is 1.43. The molecule has 0 spiro atoms. The number of carbonyl (C=O) groups is 1. The van der Waals surface area contributed by atoms with Gasteiger partial charge in [0.2, 0.25) is 5.91 Å². The highest BCUT2D eigenvalue weighted by atomic mass is 127. The van der Waals surface area contributed by atoms with E-state index in [-0.39, 0.29) is 5.91 Å². The Morgan fingerprint density at radius 3 is 2.28 bits per heavy atom. The number of carbonyl (C=O) groups excluding carboxylic acids is 1. The highest BCUT2D eigenvalue weighted by Crippen LogP contribution is 2.23. The van der Waals surface area contributed by atoms with Gasteiger partial charge in [0.1, 0.15) is 0 Å². The standard InChI is InChI=1S/C24H22IN5OS/c25-18-11-13-19(14-12-18)26-17-22-28-29-24(30(22)21-9-5-2-6-10-21)32-16-15-23(31)27-20-7-3-1-4-8-20/h1-14,26H,15-17H2,(H,27,31). The molecule has 162 valence electrons. The number of benzene rings is 3. The summed E-state index contributed by atoms with van der Waals surface area (Å²) in [4.78, 5) is 12.3. The number of thioether (sulfide) groups is 1. The maximum absolute atomic E-state index is 12.3. The van der Waals surface area contributed by atoms with E-state index in [9.17, 15) is 4.79 Å². The second-order valence-electron chi connectivity index (χ2n) is 6.94. The normalized spacial score (nSPS) is 10.7. The first-order chi connectivity index (χ1) is 15.7. The molecule has 4 aromatic rings. The van der Waals surface area contributed by atoms with E-state index in [2.05, 4.69) is 55.6 Å². The van der Waals surface area contributed by atoms with Crippen molar-refractivity contribution in [3.8, 4) is 5.69 Å². The third-order valence-corrected chi connectivity index (χ3v) is 6.28. The Kier molecular flexibility index (Phi) is 7.78. The lowest BCUT2D eigenvalue weighted by molar-refractivity contribution is -0.115. The van der Waals surface area contributed by atoms with E-state index in [0.717, 1.165) is 28.0 Å². The molecule has 0 unspecified atom stereocenters. The van der Waals surface area contributed by atoms with Crippen molar-refractivity contribution >= 4 is 51.6 Å². The molecule has 0 aliphatic carbocycles. The van der Waals surface area contributed by atoms with Crippen molar-refractivity contribution in [2.75, 3.05) is 16.4 Å². The second kappa shape index (κ2) is 11.1. The van der Waals surface area contributed by atoms with Crippen molar-refractivity contribution in [2.24, 2.45) is 0 Å². The molecule has 1 heterocycles. The minimum absolute atomic E-state index is 0.0184. The third kappa shape index (κ3) is 6.10. The van der Waals surface area contributed by atoms with Crippen LogP contribution < -0.4 is 10.6 Å². The summed E-state index contributed by atoms with van der Waals surface area (Å²) in [7, 11) is 0. The molecule has 0 aliphatic rings. The molecule has 1 aromatic heterocycles. The lowest BCUT2D eigenvalue weighted by Crippen LogP contribution is -2.12. The fourth-order valence-electron chi connectivity index (χ4n) is 3.07. The van der Waals surface area contributed by atoms with Gasteiger partial charge in [-0.05, 0) is 71.1 Å². The minimum atomic E-state index is -0.0184. The highest BCUT2D eigenvalue weighted by molar-refractivity contribution is 14.1. The number of hydrogen-bond donors (Lipinski definition) is 2. The van der Waals surface area contributed by atoms with Crippen LogP contribution in [0.4, 0.5) is 11.4 Å². The van der Waals surface area contributed by atoms with Crippen LogP contribution in [0.15, 0.2) is 90.1 Å². The summed E-state index contributed by atoms with van der Waals surface area (Å²) in [5.41, 5.74) is 2.83. The van der Waals surface area contributed by atoms with Gasteiger partial charge in [0, 0.05) is 32.8 Å². The van der Waals surface area contributed by atoms with Crippen molar-refractivity contribution in [3.05, 3.63) is 94.3 Å². The first-order valence-electron chi connectivity index (χ1n) is 10.2. The van der Waals surface area contributed by atoms with Gasteiger partial charge in [0.05, 0.1) is 6.54 Å². The molecule has 8 heteroatoms. The molecule has 0 saturated heterocycles. The van der Waals surface area contributed by atoms with Crippen LogP contribution in [-0.2, 0) is 11.3 Å². The van der Waals surface area contributed by atoms with Crippen LogP contribution in [0.3, 0.4) is 0 Å². The average Bonchev–Trinajstić information content (AvgIpc) is 3.22.